The van der Waals surface area contributed by atoms with E-state index < -0.39 is 0 Å². The molecule has 6 heteroatoms. The molecule has 3 aromatic rings. The van der Waals surface area contributed by atoms with Gasteiger partial charge in [0, 0.05) is 25.4 Å². The topological polar surface area (TPSA) is 58.4 Å². The molecule has 134 valence electrons. The molecule has 0 saturated heterocycles. The lowest BCUT2D eigenvalue weighted by atomic mass is 10.0. The first-order valence-corrected chi connectivity index (χ1v) is 8.30. The molecule has 0 fully saturated rings. The molecule has 1 aromatic heterocycles. The largest absolute Gasteiger partial charge is 0.395 e. The van der Waals surface area contributed by atoms with Crippen LogP contribution < -0.4 is 0 Å². The van der Waals surface area contributed by atoms with Gasteiger partial charge in [-0.3, -0.25) is 4.79 Å². The molecule has 1 heterocycles. The molecule has 2 aromatic carbocycles. The van der Waals surface area contributed by atoms with Crippen LogP contribution in [0.25, 0.3) is 11.1 Å². The van der Waals surface area contributed by atoms with Crippen LogP contribution >= 0.6 is 0 Å². The zero-order valence-corrected chi connectivity index (χ0v) is 14.5. The summed E-state index contributed by atoms with van der Waals surface area (Å²) < 4.78 is 15.0. The molecule has 3 rings (SSSR count). The minimum Gasteiger partial charge on any atom is -0.395 e. The van der Waals surface area contributed by atoms with Crippen molar-refractivity contribution in [1.82, 2.24) is 14.5 Å². The predicted molar refractivity (Wildman–Crippen MR) is 96.9 cm³/mol. The van der Waals surface area contributed by atoms with Crippen molar-refractivity contribution >= 4 is 5.91 Å². The van der Waals surface area contributed by atoms with Crippen LogP contribution in [0.2, 0.25) is 0 Å². The molecule has 0 spiro atoms. The number of aliphatic hydroxyl groups is 1. The minimum absolute atomic E-state index is 0.124. The van der Waals surface area contributed by atoms with E-state index in [0.717, 1.165) is 16.8 Å². The summed E-state index contributed by atoms with van der Waals surface area (Å²) in [5.41, 5.74) is 3.06. The maximum Gasteiger partial charge on any atom is 0.254 e. The average molecular weight is 353 g/mol. The van der Waals surface area contributed by atoms with E-state index in [1.165, 1.54) is 12.1 Å². The predicted octanol–water partition coefficient (Wildman–Crippen LogP) is 2.86. The number of carbonyl (C=O) groups is 1. The molecule has 0 aliphatic heterocycles. The fraction of sp³-hybridized carbons (Fsp3) is 0.200. The van der Waals surface area contributed by atoms with Crippen molar-refractivity contribution in [2.45, 2.75) is 6.54 Å². The van der Waals surface area contributed by atoms with Crippen molar-refractivity contribution in [3.63, 3.8) is 0 Å². The summed E-state index contributed by atoms with van der Waals surface area (Å²) in [6.07, 6.45) is 3.37. The highest BCUT2D eigenvalue weighted by Gasteiger charge is 2.17. The molecule has 5 nitrogen and oxygen atoms in total. The number of carbonyl (C=O) groups excluding carboxylic acids is 1. The smallest absolute Gasteiger partial charge is 0.254 e. The number of benzene rings is 2. The SMILES string of the molecule is Cn1cncc1CN(CCO)C(=O)c1cccc(-c2ccc(F)cc2)c1. The van der Waals surface area contributed by atoms with Crippen LogP contribution in [0, 0.1) is 5.82 Å². The third-order valence-electron chi connectivity index (χ3n) is 4.21. The zero-order valence-electron chi connectivity index (χ0n) is 14.5. The Labute approximate surface area is 151 Å². The highest BCUT2D eigenvalue weighted by Crippen LogP contribution is 2.22. The number of nitrogens with zero attached hydrogens (tertiary/aromatic N) is 3. The van der Waals surface area contributed by atoms with Gasteiger partial charge in [-0.2, -0.15) is 0 Å². The molecular weight excluding hydrogens is 333 g/mol. The first-order valence-electron chi connectivity index (χ1n) is 8.30. The van der Waals surface area contributed by atoms with Crippen LogP contribution in [0.1, 0.15) is 16.1 Å². The first-order chi connectivity index (χ1) is 12.6. The van der Waals surface area contributed by atoms with E-state index in [1.807, 2.05) is 17.7 Å². The molecule has 0 aliphatic carbocycles. The van der Waals surface area contributed by atoms with Gasteiger partial charge in [0.25, 0.3) is 5.91 Å². The molecule has 26 heavy (non-hydrogen) atoms. The van der Waals surface area contributed by atoms with Gasteiger partial charge in [-0.1, -0.05) is 24.3 Å². The Morgan fingerprint density at radius 3 is 2.62 bits per heavy atom. The van der Waals surface area contributed by atoms with Crippen LogP contribution in [0.4, 0.5) is 4.39 Å². The van der Waals surface area contributed by atoms with E-state index >= 15 is 0 Å². The number of hydrogen-bond donors (Lipinski definition) is 1. The maximum absolute atomic E-state index is 13.1. The molecule has 1 amide bonds. The first kappa shape index (κ1) is 17.8. The van der Waals surface area contributed by atoms with Gasteiger partial charge in [0.1, 0.15) is 5.82 Å². The Morgan fingerprint density at radius 2 is 1.96 bits per heavy atom. The van der Waals surface area contributed by atoms with Crippen LogP contribution in [0.15, 0.2) is 61.1 Å². The zero-order chi connectivity index (χ0) is 18.5. The second-order valence-electron chi connectivity index (χ2n) is 6.03. The lowest BCUT2D eigenvalue weighted by molar-refractivity contribution is 0.0704. The second-order valence-corrected chi connectivity index (χ2v) is 6.03. The fourth-order valence-electron chi connectivity index (χ4n) is 2.76. The maximum atomic E-state index is 13.1. The van der Waals surface area contributed by atoms with Crippen LogP contribution in [0.3, 0.4) is 0 Å². The third-order valence-corrected chi connectivity index (χ3v) is 4.21. The quantitative estimate of drug-likeness (QED) is 0.741. The van der Waals surface area contributed by atoms with E-state index in [4.69, 9.17) is 0 Å². The van der Waals surface area contributed by atoms with E-state index in [0.29, 0.717) is 12.1 Å². The second kappa shape index (κ2) is 7.93. The lowest BCUT2D eigenvalue weighted by Gasteiger charge is -2.22. The monoisotopic (exact) mass is 353 g/mol. The molecule has 0 aliphatic rings. The van der Waals surface area contributed by atoms with Crippen LogP contribution in [-0.2, 0) is 13.6 Å². The van der Waals surface area contributed by atoms with Crippen molar-refractivity contribution in [3.8, 4) is 11.1 Å². The lowest BCUT2D eigenvalue weighted by Crippen LogP contribution is -2.33. The molecule has 0 atom stereocenters. The standard InChI is InChI=1S/C20H20FN3O2/c1-23-14-22-12-19(23)13-24(9-10-25)20(26)17-4-2-3-16(11-17)15-5-7-18(21)8-6-15/h2-8,11-12,14,25H,9-10,13H2,1H3. The van der Waals surface area contributed by atoms with E-state index in [1.54, 1.807) is 47.8 Å². The molecule has 1 N–H and O–H groups in total. The molecular formula is C20H20FN3O2. The van der Waals surface area contributed by atoms with Crippen molar-refractivity contribution in [1.29, 1.82) is 0 Å². The summed E-state index contributed by atoms with van der Waals surface area (Å²) in [5.74, 6) is -0.476. The van der Waals surface area contributed by atoms with Crippen LogP contribution in [0.5, 0.6) is 0 Å². The van der Waals surface area contributed by atoms with Crippen molar-refractivity contribution in [2.24, 2.45) is 7.05 Å². The number of aryl methyl sites for hydroxylation is 1. The Balaban J connectivity index is 1.86. The third kappa shape index (κ3) is 3.97. The normalized spacial score (nSPS) is 10.7. The summed E-state index contributed by atoms with van der Waals surface area (Å²) in [6, 6.07) is 13.3. The molecule has 0 saturated carbocycles. The highest BCUT2D eigenvalue weighted by molar-refractivity contribution is 5.95. The van der Waals surface area contributed by atoms with Gasteiger partial charge in [-0.05, 0) is 35.4 Å². The summed E-state index contributed by atoms with van der Waals surface area (Å²) in [5, 5.41) is 9.34. The number of imidazole rings is 1. The van der Waals surface area contributed by atoms with Gasteiger partial charge < -0.3 is 14.6 Å². The van der Waals surface area contributed by atoms with Crippen molar-refractivity contribution in [2.75, 3.05) is 13.2 Å². The highest BCUT2D eigenvalue weighted by atomic mass is 19.1. The summed E-state index contributed by atoms with van der Waals surface area (Å²) >= 11 is 0. The van der Waals surface area contributed by atoms with Gasteiger partial charge in [-0.25, -0.2) is 9.37 Å². The van der Waals surface area contributed by atoms with E-state index in [9.17, 15) is 14.3 Å². The number of aliphatic hydroxyl groups excluding tert-OH is 1. The Kier molecular flexibility index (Phi) is 5.43. The molecule has 0 bridgehead atoms. The number of hydrogen-bond acceptors (Lipinski definition) is 3. The van der Waals surface area contributed by atoms with Crippen molar-refractivity contribution in [3.05, 3.63) is 78.1 Å². The van der Waals surface area contributed by atoms with Gasteiger partial charge in [0.15, 0.2) is 0 Å². The van der Waals surface area contributed by atoms with Gasteiger partial charge >= 0.3 is 0 Å². The minimum atomic E-state index is -0.300. The molecule has 0 radical (unpaired) electrons. The average Bonchev–Trinajstić information content (AvgIpc) is 3.06. The number of rotatable bonds is 6. The van der Waals surface area contributed by atoms with E-state index in [2.05, 4.69) is 4.98 Å². The van der Waals surface area contributed by atoms with Gasteiger partial charge in [0.2, 0.25) is 0 Å². The molecule has 0 unspecified atom stereocenters. The Hall–Kier alpha value is -2.99. The number of amides is 1. The van der Waals surface area contributed by atoms with Gasteiger partial charge in [-0.15, -0.1) is 0 Å². The van der Waals surface area contributed by atoms with Crippen LogP contribution in [-0.4, -0.2) is 38.6 Å². The summed E-state index contributed by atoms with van der Waals surface area (Å²) in [4.78, 5) is 18.6. The summed E-state index contributed by atoms with van der Waals surface area (Å²) in [7, 11) is 1.86. The van der Waals surface area contributed by atoms with Gasteiger partial charge in [0.05, 0.1) is 25.2 Å². The Bertz CT molecular complexity index is 890. The van der Waals surface area contributed by atoms with E-state index in [-0.39, 0.29) is 24.9 Å². The fourth-order valence-corrected chi connectivity index (χ4v) is 2.76. The van der Waals surface area contributed by atoms with Crippen molar-refractivity contribution < 1.29 is 14.3 Å². The number of aromatic nitrogens is 2. The number of halogens is 1. The summed E-state index contributed by atoms with van der Waals surface area (Å²) in [6.45, 7) is 0.461. The Morgan fingerprint density at radius 1 is 1.19 bits per heavy atom.